The fourth-order valence-electron chi connectivity index (χ4n) is 1.55. The molecule has 0 aliphatic heterocycles. The molecule has 20 heavy (non-hydrogen) atoms. The molecule has 0 fully saturated rings. The average molecular weight is 274 g/mol. The summed E-state index contributed by atoms with van der Waals surface area (Å²) in [6.07, 6.45) is 2.56. The van der Waals surface area contributed by atoms with Crippen LogP contribution in [0.4, 0.5) is 0 Å². The molecular formula is C14H14N2O4. The third-order valence-corrected chi connectivity index (χ3v) is 2.50. The number of nitrogens with zero attached hydrogens (tertiary/aromatic N) is 2. The van der Waals surface area contributed by atoms with Crippen molar-refractivity contribution in [1.82, 2.24) is 9.97 Å². The highest BCUT2D eigenvalue weighted by molar-refractivity contribution is 5.88. The maximum Gasteiger partial charge on any atom is 0.339 e. The number of hydrogen-bond donors (Lipinski definition) is 1. The van der Waals surface area contributed by atoms with E-state index in [-0.39, 0.29) is 12.2 Å². The maximum atomic E-state index is 10.9. The van der Waals surface area contributed by atoms with Gasteiger partial charge in [-0.2, -0.15) is 0 Å². The fourth-order valence-corrected chi connectivity index (χ4v) is 1.55. The van der Waals surface area contributed by atoms with Crippen LogP contribution in [0, 0.1) is 0 Å². The van der Waals surface area contributed by atoms with Crippen molar-refractivity contribution in [2.75, 3.05) is 13.2 Å². The average Bonchev–Trinajstić information content (AvgIpc) is 2.48. The lowest BCUT2D eigenvalue weighted by Gasteiger charge is -2.07. The first-order valence-electron chi connectivity index (χ1n) is 6.05. The molecule has 0 saturated carbocycles. The van der Waals surface area contributed by atoms with Crippen molar-refractivity contribution in [2.24, 2.45) is 0 Å². The summed E-state index contributed by atoms with van der Waals surface area (Å²) in [7, 11) is 0. The van der Waals surface area contributed by atoms with E-state index in [2.05, 4.69) is 9.97 Å². The van der Waals surface area contributed by atoms with Gasteiger partial charge in [0.05, 0.1) is 18.9 Å². The molecule has 1 heterocycles. The van der Waals surface area contributed by atoms with Gasteiger partial charge in [-0.25, -0.2) is 14.8 Å². The van der Waals surface area contributed by atoms with Crippen LogP contribution in [0.1, 0.15) is 16.1 Å². The SMILES string of the molecule is O=C(O)c1cncnc1COCCOc1ccccc1. The Morgan fingerprint density at radius 3 is 2.75 bits per heavy atom. The van der Waals surface area contributed by atoms with Gasteiger partial charge in [0.2, 0.25) is 0 Å². The predicted octanol–water partition coefficient (Wildman–Crippen LogP) is 1.77. The summed E-state index contributed by atoms with van der Waals surface area (Å²) >= 11 is 0. The second-order valence-corrected chi connectivity index (χ2v) is 3.90. The van der Waals surface area contributed by atoms with Crippen LogP contribution in [0.3, 0.4) is 0 Å². The Hall–Kier alpha value is -2.47. The molecule has 0 spiro atoms. The Morgan fingerprint density at radius 1 is 1.20 bits per heavy atom. The van der Waals surface area contributed by atoms with E-state index in [1.165, 1.54) is 12.5 Å². The first-order valence-corrected chi connectivity index (χ1v) is 6.05. The molecular weight excluding hydrogens is 260 g/mol. The molecule has 104 valence electrons. The van der Waals surface area contributed by atoms with Crippen LogP contribution in [-0.2, 0) is 11.3 Å². The van der Waals surface area contributed by atoms with E-state index in [4.69, 9.17) is 14.6 Å². The second-order valence-electron chi connectivity index (χ2n) is 3.90. The van der Waals surface area contributed by atoms with Crippen molar-refractivity contribution in [3.05, 3.63) is 54.1 Å². The monoisotopic (exact) mass is 274 g/mol. The molecule has 0 aliphatic carbocycles. The molecule has 1 N–H and O–H groups in total. The van der Waals surface area contributed by atoms with E-state index >= 15 is 0 Å². The molecule has 0 atom stereocenters. The van der Waals surface area contributed by atoms with Gasteiger partial charge in [-0.15, -0.1) is 0 Å². The van der Waals surface area contributed by atoms with Gasteiger partial charge in [0.25, 0.3) is 0 Å². The van der Waals surface area contributed by atoms with E-state index in [1.54, 1.807) is 0 Å². The quantitative estimate of drug-likeness (QED) is 0.775. The van der Waals surface area contributed by atoms with E-state index in [1.807, 2.05) is 30.3 Å². The smallest absolute Gasteiger partial charge is 0.339 e. The van der Waals surface area contributed by atoms with Gasteiger partial charge in [-0.3, -0.25) is 0 Å². The summed E-state index contributed by atoms with van der Waals surface area (Å²) in [6.45, 7) is 0.845. The van der Waals surface area contributed by atoms with Crippen molar-refractivity contribution in [2.45, 2.75) is 6.61 Å². The molecule has 6 nitrogen and oxygen atoms in total. The van der Waals surface area contributed by atoms with Gasteiger partial charge in [-0.05, 0) is 12.1 Å². The zero-order valence-corrected chi connectivity index (χ0v) is 10.7. The number of hydrogen-bond acceptors (Lipinski definition) is 5. The number of carbonyl (C=O) groups is 1. The number of ether oxygens (including phenoxy) is 2. The largest absolute Gasteiger partial charge is 0.491 e. The topological polar surface area (TPSA) is 81.5 Å². The summed E-state index contributed by atoms with van der Waals surface area (Å²) < 4.78 is 10.8. The third-order valence-electron chi connectivity index (χ3n) is 2.50. The summed E-state index contributed by atoms with van der Waals surface area (Å²) in [5.74, 6) is -0.297. The number of benzene rings is 1. The number of para-hydroxylation sites is 1. The normalized spacial score (nSPS) is 10.2. The van der Waals surface area contributed by atoms with E-state index in [0.717, 1.165) is 5.75 Å². The van der Waals surface area contributed by atoms with Crippen molar-refractivity contribution >= 4 is 5.97 Å². The summed E-state index contributed by atoms with van der Waals surface area (Å²) in [5.41, 5.74) is 0.406. The van der Waals surface area contributed by atoms with Gasteiger partial charge in [0, 0.05) is 6.20 Å². The molecule has 0 unspecified atom stereocenters. The summed E-state index contributed by atoms with van der Waals surface area (Å²) in [6, 6.07) is 9.39. The number of carboxylic acid groups (broad SMARTS) is 1. The molecule has 1 aromatic carbocycles. The molecule has 0 amide bonds. The predicted molar refractivity (Wildman–Crippen MR) is 70.6 cm³/mol. The van der Waals surface area contributed by atoms with Crippen molar-refractivity contribution in [1.29, 1.82) is 0 Å². The highest BCUT2D eigenvalue weighted by Crippen LogP contribution is 2.08. The Labute approximate surface area is 116 Å². The molecule has 6 heteroatoms. The minimum atomic E-state index is -1.07. The molecule has 2 aromatic rings. The van der Waals surface area contributed by atoms with Crippen LogP contribution >= 0.6 is 0 Å². The third kappa shape index (κ3) is 4.03. The van der Waals surface area contributed by atoms with Crippen LogP contribution in [-0.4, -0.2) is 34.3 Å². The maximum absolute atomic E-state index is 10.9. The first-order chi connectivity index (χ1) is 9.77. The summed E-state index contributed by atoms with van der Waals surface area (Å²) in [4.78, 5) is 18.5. The lowest BCUT2D eigenvalue weighted by Crippen LogP contribution is -2.10. The molecule has 0 radical (unpaired) electrons. The Morgan fingerprint density at radius 2 is 2.00 bits per heavy atom. The first kappa shape index (κ1) is 14.0. The molecule has 0 aliphatic rings. The highest BCUT2D eigenvalue weighted by Gasteiger charge is 2.10. The Bertz CT molecular complexity index is 560. The number of aromatic nitrogens is 2. The van der Waals surface area contributed by atoms with Crippen LogP contribution in [0.15, 0.2) is 42.9 Å². The molecule has 2 rings (SSSR count). The Balaban J connectivity index is 1.75. The van der Waals surface area contributed by atoms with Gasteiger partial charge < -0.3 is 14.6 Å². The summed E-state index contributed by atoms with van der Waals surface area (Å²) in [5, 5.41) is 8.96. The number of aromatic carboxylic acids is 1. The van der Waals surface area contributed by atoms with Crippen LogP contribution in [0.25, 0.3) is 0 Å². The van der Waals surface area contributed by atoms with E-state index in [9.17, 15) is 4.79 Å². The molecule has 0 bridgehead atoms. The highest BCUT2D eigenvalue weighted by atomic mass is 16.5. The molecule has 0 saturated heterocycles. The van der Waals surface area contributed by atoms with Crippen molar-refractivity contribution in [3.8, 4) is 5.75 Å². The van der Waals surface area contributed by atoms with Crippen molar-refractivity contribution < 1.29 is 19.4 Å². The van der Waals surface area contributed by atoms with Crippen LogP contribution < -0.4 is 4.74 Å². The number of rotatable bonds is 7. The zero-order valence-electron chi connectivity index (χ0n) is 10.7. The zero-order chi connectivity index (χ0) is 14.2. The van der Waals surface area contributed by atoms with E-state index in [0.29, 0.717) is 18.9 Å². The van der Waals surface area contributed by atoms with Gasteiger partial charge in [0.1, 0.15) is 24.2 Å². The second kappa shape index (κ2) is 7.20. The van der Waals surface area contributed by atoms with Gasteiger partial charge >= 0.3 is 5.97 Å². The van der Waals surface area contributed by atoms with Crippen molar-refractivity contribution in [3.63, 3.8) is 0 Å². The van der Waals surface area contributed by atoms with Crippen LogP contribution in [0.5, 0.6) is 5.75 Å². The Kier molecular flexibility index (Phi) is 5.02. The standard InChI is InChI=1S/C14H14N2O4/c17-14(18)12-8-15-10-16-13(12)9-19-6-7-20-11-4-2-1-3-5-11/h1-5,8,10H,6-7,9H2,(H,17,18). The minimum Gasteiger partial charge on any atom is -0.491 e. The lowest BCUT2D eigenvalue weighted by molar-refractivity contribution is 0.0674. The van der Waals surface area contributed by atoms with Gasteiger partial charge in [0.15, 0.2) is 0 Å². The van der Waals surface area contributed by atoms with Gasteiger partial charge in [-0.1, -0.05) is 18.2 Å². The van der Waals surface area contributed by atoms with Crippen LogP contribution in [0.2, 0.25) is 0 Å². The fraction of sp³-hybridized carbons (Fsp3) is 0.214. The lowest BCUT2D eigenvalue weighted by atomic mass is 10.2. The minimum absolute atomic E-state index is 0.0523. The number of carboxylic acids is 1. The molecule has 1 aromatic heterocycles. The van der Waals surface area contributed by atoms with E-state index < -0.39 is 5.97 Å².